The van der Waals surface area contributed by atoms with E-state index in [1.165, 1.54) is 0 Å². The molecule has 1 N–H and O–H groups in total. The van der Waals surface area contributed by atoms with Gasteiger partial charge in [-0.2, -0.15) is 0 Å². The predicted octanol–water partition coefficient (Wildman–Crippen LogP) is 0.673. The van der Waals surface area contributed by atoms with Gasteiger partial charge in [-0.1, -0.05) is 0 Å². The summed E-state index contributed by atoms with van der Waals surface area (Å²) in [6, 6.07) is 0. The molecule has 0 saturated carbocycles. The van der Waals surface area contributed by atoms with Crippen LogP contribution >= 0.6 is 0 Å². The van der Waals surface area contributed by atoms with Crippen molar-refractivity contribution in [3.63, 3.8) is 0 Å². The highest BCUT2D eigenvalue weighted by Crippen LogP contribution is 2.33. The van der Waals surface area contributed by atoms with Crippen molar-refractivity contribution in [2.24, 2.45) is 5.41 Å². The van der Waals surface area contributed by atoms with E-state index >= 15 is 0 Å². The van der Waals surface area contributed by atoms with Crippen LogP contribution in [0, 0.1) is 5.41 Å². The van der Waals surface area contributed by atoms with Gasteiger partial charge in [0.05, 0.1) is 19.3 Å². The SMILES string of the molecule is CC(C)(C(=O)NCC1CCCO1)C(=O)N1CCC2(CC1)OCCO2. The first-order valence-corrected chi connectivity index (χ1v) is 8.90. The minimum Gasteiger partial charge on any atom is -0.376 e. The molecule has 0 aromatic rings. The fourth-order valence-electron chi connectivity index (χ4n) is 3.56. The number of likely N-dealkylation sites (tertiary alicyclic amines) is 1. The van der Waals surface area contributed by atoms with Gasteiger partial charge in [0.1, 0.15) is 5.41 Å². The van der Waals surface area contributed by atoms with Crippen LogP contribution in [0.5, 0.6) is 0 Å². The second kappa shape index (κ2) is 6.98. The molecule has 1 spiro atoms. The number of hydrogen-bond acceptors (Lipinski definition) is 5. The summed E-state index contributed by atoms with van der Waals surface area (Å²) in [6.45, 7) is 6.95. The predicted molar refractivity (Wildman–Crippen MR) is 86.2 cm³/mol. The molecule has 3 heterocycles. The van der Waals surface area contributed by atoms with Gasteiger partial charge >= 0.3 is 0 Å². The first-order valence-electron chi connectivity index (χ1n) is 8.90. The number of rotatable bonds is 4. The third-order valence-corrected chi connectivity index (χ3v) is 5.24. The van der Waals surface area contributed by atoms with Gasteiger partial charge in [-0.05, 0) is 26.7 Å². The molecule has 3 fully saturated rings. The zero-order valence-electron chi connectivity index (χ0n) is 14.6. The van der Waals surface area contributed by atoms with Crippen molar-refractivity contribution >= 4 is 11.8 Å². The third-order valence-electron chi connectivity index (χ3n) is 5.24. The molecule has 7 heteroatoms. The molecule has 7 nitrogen and oxygen atoms in total. The smallest absolute Gasteiger partial charge is 0.237 e. The number of nitrogens with one attached hydrogen (secondary N) is 1. The Morgan fingerprint density at radius 3 is 2.42 bits per heavy atom. The second-order valence-electron chi connectivity index (χ2n) is 7.37. The molecule has 0 radical (unpaired) electrons. The molecule has 0 bridgehead atoms. The van der Waals surface area contributed by atoms with Gasteiger partial charge in [-0.15, -0.1) is 0 Å². The Labute approximate surface area is 143 Å². The van der Waals surface area contributed by atoms with Crippen LogP contribution in [-0.2, 0) is 23.8 Å². The fourth-order valence-corrected chi connectivity index (χ4v) is 3.56. The van der Waals surface area contributed by atoms with Crippen LogP contribution in [0.15, 0.2) is 0 Å². The molecule has 1 unspecified atom stereocenters. The lowest BCUT2D eigenvalue weighted by atomic mass is 9.88. The zero-order valence-corrected chi connectivity index (χ0v) is 14.6. The van der Waals surface area contributed by atoms with E-state index in [1.807, 2.05) is 0 Å². The van der Waals surface area contributed by atoms with E-state index < -0.39 is 11.2 Å². The lowest BCUT2D eigenvalue weighted by molar-refractivity contribution is -0.189. The van der Waals surface area contributed by atoms with E-state index in [2.05, 4.69) is 5.32 Å². The number of amides is 2. The monoisotopic (exact) mass is 340 g/mol. The number of hydrogen-bond donors (Lipinski definition) is 1. The van der Waals surface area contributed by atoms with Gasteiger partial charge in [-0.3, -0.25) is 9.59 Å². The average molecular weight is 340 g/mol. The molecular weight excluding hydrogens is 312 g/mol. The normalized spacial score (nSPS) is 26.8. The van der Waals surface area contributed by atoms with Crippen LogP contribution < -0.4 is 5.32 Å². The topological polar surface area (TPSA) is 77.1 Å². The van der Waals surface area contributed by atoms with Crippen LogP contribution in [-0.4, -0.2) is 68.1 Å². The van der Waals surface area contributed by atoms with Crippen LogP contribution in [0.4, 0.5) is 0 Å². The summed E-state index contributed by atoms with van der Waals surface area (Å²) in [5, 5.41) is 2.87. The van der Waals surface area contributed by atoms with Gasteiger partial charge < -0.3 is 24.4 Å². The average Bonchev–Trinajstić information content (AvgIpc) is 3.25. The molecule has 3 rings (SSSR count). The Hall–Kier alpha value is -1.18. The Morgan fingerprint density at radius 2 is 1.83 bits per heavy atom. The van der Waals surface area contributed by atoms with E-state index in [0.29, 0.717) is 45.7 Å². The first-order chi connectivity index (χ1) is 11.4. The molecule has 0 aliphatic carbocycles. The summed E-state index contributed by atoms with van der Waals surface area (Å²) in [5.41, 5.74) is -1.08. The highest BCUT2D eigenvalue weighted by atomic mass is 16.7. The minimum absolute atomic E-state index is 0.0753. The lowest BCUT2D eigenvalue weighted by Gasteiger charge is -2.40. The number of carbonyl (C=O) groups is 2. The van der Waals surface area contributed by atoms with Crippen molar-refractivity contribution in [2.45, 2.75) is 51.4 Å². The molecule has 3 aliphatic rings. The maximum Gasteiger partial charge on any atom is 0.237 e. The quantitative estimate of drug-likeness (QED) is 0.762. The Kier molecular flexibility index (Phi) is 5.13. The standard InChI is InChI=1S/C17H28N2O5/c1-16(2,14(20)18-12-13-4-3-9-22-13)15(21)19-7-5-17(6-8-19)23-10-11-24-17/h13H,3-12H2,1-2H3,(H,18,20). The van der Waals surface area contributed by atoms with E-state index in [0.717, 1.165) is 19.4 Å². The van der Waals surface area contributed by atoms with E-state index in [1.54, 1.807) is 18.7 Å². The molecule has 3 aliphatic heterocycles. The minimum atomic E-state index is -1.08. The van der Waals surface area contributed by atoms with Gasteiger partial charge in [0.15, 0.2) is 5.79 Å². The molecule has 24 heavy (non-hydrogen) atoms. The molecule has 136 valence electrons. The van der Waals surface area contributed by atoms with E-state index in [-0.39, 0.29) is 17.9 Å². The summed E-state index contributed by atoms with van der Waals surface area (Å²) < 4.78 is 16.9. The molecule has 1 atom stereocenters. The zero-order chi connectivity index (χ0) is 17.2. The second-order valence-corrected chi connectivity index (χ2v) is 7.37. The maximum absolute atomic E-state index is 12.8. The molecular formula is C17H28N2O5. The Balaban J connectivity index is 1.51. The summed E-state index contributed by atoms with van der Waals surface area (Å²) in [6.07, 6.45) is 3.38. The number of piperidine rings is 1. The van der Waals surface area contributed by atoms with Crippen LogP contribution in [0.25, 0.3) is 0 Å². The van der Waals surface area contributed by atoms with Gasteiger partial charge in [0.25, 0.3) is 0 Å². The van der Waals surface area contributed by atoms with Crippen molar-refractivity contribution in [1.29, 1.82) is 0 Å². The van der Waals surface area contributed by atoms with Crippen LogP contribution in [0.1, 0.15) is 39.5 Å². The molecule has 3 saturated heterocycles. The van der Waals surface area contributed by atoms with Gasteiger partial charge in [0.2, 0.25) is 11.8 Å². The first kappa shape index (κ1) is 17.6. The maximum atomic E-state index is 12.8. The Morgan fingerprint density at radius 1 is 1.17 bits per heavy atom. The summed E-state index contributed by atoms with van der Waals surface area (Å²) in [5.74, 6) is -0.889. The van der Waals surface area contributed by atoms with E-state index in [4.69, 9.17) is 14.2 Å². The van der Waals surface area contributed by atoms with Crippen molar-refractivity contribution in [1.82, 2.24) is 10.2 Å². The number of nitrogens with zero attached hydrogens (tertiary/aromatic N) is 1. The summed E-state index contributed by atoms with van der Waals surface area (Å²) >= 11 is 0. The third kappa shape index (κ3) is 3.58. The van der Waals surface area contributed by atoms with Crippen molar-refractivity contribution < 1.29 is 23.8 Å². The lowest BCUT2D eigenvalue weighted by Crippen LogP contribution is -2.54. The van der Waals surface area contributed by atoms with Gasteiger partial charge in [0, 0.05) is 39.1 Å². The molecule has 0 aromatic heterocycles. The highest BCUT2D eigenvalue weighted by Gasteiger charge is 2.45. The van der Waals surface area contributed by atoms with Crippen molar-refractivity contribution in [2.75, 3.05) is 39.5 Å². The fraction of sp³-hybridized carbons (Fsp3) is 0.882. The van der Waals surface area contributed by atoms with Gasteiger partial charge in [-0.25, -0.2) is 0 Å². The highest BCUT2D eigenvalue weighted by molar-refractivity contribution is 6.04. The Bertz CT molecular complexity index is 471. The number of carbonyl (C=O) groups excluding carboxylic acids is 2. The number of ether oxygens (including phenoxy) is 3. The summed E-state index contributed by atoms with van der Waals surface area (Å²) in [7, 11) is 0. The van der Waals surface area contributed by atoms with E-state index in [9.17, 15) is 9.59 Å². The molecule has 0 aromatic carbocycles. The molecule has 2 amide bonds. The largest absolute Gasteiger partial charge is 0.376 e. The van der Waals surface area contributed by atoms with Crippen molar-refractivity contribution in [3.05, 3.63) is 0 Å². The van der Waals surface area contributed by atoms with Crippen LogP contribution in [0.2, 0.25) is 0 Å². The van der Waals surface area contributed by atoms with Crippen molar-refractivity contribution in [3.8, 4) is 0 Å². The van der Waals surface area contributed by atoms with Crippen LogP contribution in [0.3, 0.4) is 0 Å². The summed E-state index contributed by atoms with van der Waals surface area (Å²) in [4.78, 5) is 27.1.